The molecule has 0 unspecified atom stereocenters. The molecule has 3 amide bonds. The number of hydrogen-bond donors (Lipinski definition) is 2. The summed E-state index contributed by atoms with van der Waals surface area (Å²) in [6.45, 7) is 1.40. The number of amides is 3. The minimum Gasteiger partial charge on any atom is -0.465 e. The Bertz CT molecular complexity index is 1520. The Kier molecular flexibility index (Phi) is 11.6. The first kappa shape index (κ1) is 35.4. The van der Waals surface area contributed by atoms with Gasteiger partial charge in [-0.2, -0.15) is 13.2 Å². The van der Waals surface area contributed by atoms with E-state index in [2.05, 4.69) is 5.32 Å². The van der Waals surface area contributed by atoms with Crippen molar-refractivity contribution >= 4 is 56.6 Å². The largest absolute Gasteiger partial charge is 0.465 e. The number of nitrogens with zero attached hydrogens (tertiary/aromatic N) is 3. The third kappa shape index (κ3) is 8.34. The Morgan fingerprint density at radius 3 is 2.41 bits per heavy atom. The van der Waals surface area contributed by atoms with E-state index in [-0.39, 0.29) is 57.4 Å². The number of sulfone groups is 1. The molecule has 242 valence electrons. The van der Waals surface area contributed by atoms with Crippen LogP contribution in [0.4, 0.5) is 23.7 Å². The van der Waals surface area contributed by atoms with Crippen molar-refractivity contribution in [2.45, 2.75) is 56.4 Å². The van der Waals surface area contributed by atoms with Crippen molar-refractivity contribution in [3.63, 3.8) is 0 Å². The van der Waals surface area contributed by atoms with E-state index in [0.717, 1.165) is 17.4 Å². The van der Waals surface area contributed by atoms with Crippen LogP contribution in [0.25, 0.3) is 0 Å². The summed E-state index contributed by atoms with van der Waals surface area (Å²) in [6.07, 6.45) is -4.99. The first-order chi connectivity index (χ1) is 20.5. The van der Waals surface area contributed by atoms with Crippen molar-refractivity contribution < 1.29 is 41.1 Å². The number of alkyl halides is 3. The summed E-state index contributed by atoms with van der Waals surface area (Å²) < 4.78 is 68.6. The summed E-state index contributed by atoms with van der Waals surface area (Å²) >= 11 is 12.5. The molecule has 16 heteroatoms. The molecule has 2 N–H and O–H groups in total. The number of halogens is 5. The molecule has 10 nitrogen and oxygen atoms in total. The van der Waals surface area contributed by atoms with Gasteiger partial charge in [0, 0.05) is 55.8 Å². The van der Waals surface area contributed by atoms with Crippen LogP contribution in [0, 0.1) is 0 Å². The van der Waals surface area contributed by atoms with Gasteiger partial charge in [0.1, 0.15) is 0 Å². The first-order valence-electron chi connectivity index (χ1n) is 13.6. The number of carbonyl (C=O) groups excluding carboxylic acids is 2. The minimum absolute atomic E-state index is 0.0967. The molecule has 0 saturated carbocycles. The molecule has 1 saturated heterocycles. The maximum atomic E-state index is 14.4. The average Bonchev–Trinajstić information content (AvgIpc) is 2.96. The molecule has 1 fully saturated rings. The number of likely N-dealkylation sites (tertiary alicyclic amines) is 1. The number of piperidine rings is 1. The highest BCUT2D eigenvalue weighted by Crippen LogP contribution is 2.39. The van der Waals surface area contributed by atoms with E-state index in [4.69, 9.17) is 28.3 Å². The van der Waals surface area contributed by atoms with Crippen molar-refractivity contribution in [3.05, 3.63) is 57.1 Å². The van der Waals surface area contributed by atoms with E-state index in [9.17, 15) is 36.0 Å². The van der Waals surface area contributed by atoms with Crippen molar-refractivity contribution in [1.29, 1.82) is 0 Å². The van der Waals surface area contributed by atoms with Crippen LogP contribution in [0.3, 0.4) is 0 Å². The molecule has 0 spiro atoms. The number of rotatable bonds is 10. The van der Waals surface area contributed by atoms with Crippen LogP contribution in [0.15, 0.2) is 35.2 Å². The standard InChI is InChI=1S/C28H33Cl2F3N4O6S/c1-4-44(42,43)23-9-8-18(29)15-22(23)35(2)26(39)17-13-20(28(31,32)33)19(21(30)14-17)16-37-12-6-5-7-24(37)36(3)25(38)10-11-34-27(40)41/h8-9,13-15,24,34H,4-7,10-12,16H2,1-3H3,(H,40,41)/t24-/m0/s1. The SMILES string of the molecule is CCS(=O)(=O)c1ccc(Cl)cc1N(C)C(=O)c1cc(Cl)c(CN2CCCC[C@H]2N(C)C(=O)CCNC(=O)O)c(C(F)(F)F)c1. The highest BCUT2D eigenvalue weighted by atomic mass is 35.5. The number of hydrogen-bond acceptors (Lipinski definition) is 6. The number of carboxylic acid groups (broad SMARTS) is 1. The molecular formula is C28H33Cl2F3N4O6S. The van der Waals surface area contributed by atoms with Crippen molar-refractivity contribution in [1.82, 2.24) is 15.1 Å². The van der Waals surface area contributed by atoms with Crippen LogP contribution >= 0.6 is 23.2 Å². The summed E-state index contributed by atoms with van der Waals surface area (Å²) in [5, 5.41) is 10.7. The Morgan fingerprint density at radius 1 is 1.11 bits per heavy atom. The van der Waals surface area contributed by atoms with Gasteiger partial charge >= 0.3 is 12.3 Å². The van der Waals surface area contributed by atoms with Crippen LogP contribution < -0.4 is 10.2 Å². The Balaban J connectivity index is 1.97. The minimum atomic E-state index is -4.91. The van der Waals surface area contributed by atoms with Gasteiger partial charge in [0.2, 0.25) is 5.91 Å². The molecule has 2 aromatic rings. The van der Waals surface area contributed by atoms with Gasteiger partial charge in [-0.15, -0.1) is 0 Å². The maximum Gasteiger partial charge on any atom is 0.416 e. The van der Waals surface area contributed by atoms with Gasteiger partial charge < -0.3 is 20.2 Å². The second-order valence-corrected chi connectivity index (χ2v) is 13.4. The van der Waals surface area contributed by atoms with Crippen LogP contribution in [0.1, 0.15) is 54.1 Å². The molecule has 1 atom stereocenters. The third-order valence-electron chi connectivity index (χ3n) is 7.45. The summed E-state index contributed by atoms with van der Waals surface area (Å²) in [5.41, 5.74) is -1.93. The number of carbonyl (C=O) groups is 3. The fourth-order valence-electron chi connectivity index (χ4n) is 5.07. The van der Waals surface area contributed by atoms with E-state index in [1.165, 1.54) is 44.1 Å². The number of nitrogens with one attached hydrogen (secondary N) is 1. The van der Waals surface area contributed by atoms with E-state index < -0.39 is 45.3 Å². The molecule has 0 aromatic heterocycles. The van der Waals surface area contributed by atoms with Gasteiger partial charge in [-0.3, -0.25) is 14.5 Å². The quantitative estimate of drug-likeness (QED) is 0.339. The lowest BCUT2D eigenvalue weighted by molar-refractivity contribution is -0.140. The molecule has 0 aliphatic carbocycles. The zero-order chi connectivity index (χ0) is 33.0. The fraction of sp³-hybridized carbons (Fsp3) is 0.464. The van der Waals surface area contributed by atoms with Gasteiger partial charge in [-0.05, 0) is 55.2 Å². The van der Waals surface area contributed by atoms with Gasteiger partial charge in [0.05, 0.1) is 28.1 Å². The van der Waals surface area contributed by atoms with Gasteiger partial charge in [-0.25, -0.2) is 13.2 Å². The Hall–Kier alpha value is -3.07. The van der Waals surface area contributed by atoms with Crippen LogP contribution in [0.2, 0.25) is 10.0 Å². The molecule has 1 aliphatic heterocycles. The summed E-state index contributed by atoms with van der Waals surface area (Å²) in [5.74, 6) is -1.60. The Labute approximate surface area is 263 Å². The summed E-state index contributed by atoms with van der Waals surface area (Å²) in [7, 11) is -1.07. The maximum absolute atomic E-state index is 14.4. The monoisotopic (exact) mass is 680 g/mol. The van der Waals surface area contributed by atoms with Crippen molar-refractivity contribution in [2.24, 2.45) is 0 Å². The Morgan fingerprint density at radius 2 is 1.80 bits per heavy atom. The smallest absolute Gasteiger partial charge is 0.416 e. The van der Waals surface area contributed by atoms with Crippen LogP contribution in [-0.2, 0) is 27.4 Å². The molecule has 44 heavy (non-hydrogen) atoms. The van der Waals surface area contributed by atoms with Crippen LogP contribution in [0.5, 0.6) is 0 Å². The lowest BCUT2D eigenvalue weighted by Crippen LogP contribution is -2.51. The van der Waals surface area contributed by atoms with Gasteiger partial charge in [0.25, 0.3) is 5.91 Å². The lowest BCUT2D eigenvalue weighted by Gasteiger charge is -2.41. The van der Waals surface area contributed by atoms with E-state index in [1.54, 1.807) is 4.90 Å². The highest BCUT2D eigenvalue weighted by Gasteiger charge is 2.38. The summed E-state index contributed by atoms with van der Waals surface area (Å²) in [6, 6.07) is 5.61. The molecule has 0 bridgehead atoms. The second-order valence-electron chi connectivity index (χ2n) is 10.3. The first-order valence-corrected chi connectivity index (χ1v) is 16.0. The van der Waals surface area contributed by atoms with Gasteiger partial charge in [-0.1, -0.05) is 30.1 Å². The molecule has 2 aromatic carbocycles. The zero-order valence-electron chi connectivity index (χ0n) is 24.2. The molecule has 1 heterocycles. The number of anilines is 1. The zero-order valence-corrected chi connectivity index (χ0v) is 26.6. The van der Waals surface area contributed by atoms with Gasteiger partial charge in [0.15, 0.2) is 9.84 Å². The number of benzene rings is 2. The summed E-state index contributed by atoms with van der Waals surface area (Å²) in [4.78, 5) is 40.7. The normalized spacial score (nSPS) is 16.0. The highest BCUT2D eigenvalue weighted by molar-refractivity contribution is 7.91. The molecule has 0 radical (unpaired) electrons. The second kappa shape index (κ2) is 14.4. The third-order valence-corrected chi connectivity index (χ3v) is 9.79. The molecular weight excluding hydrogens is 648 g/mol. The lowest BCUT2D eigenvalue weighted by atomic mass is 9.99. The molecule has 3 rings (SSSR count). The van der Waals surface area contributed by atoms with E-state index in [0.29, 0.717) is 25.5 Å². The molecule has 1 aliphatic rings. The van der Waals surface area contributed by atoms with E-state index in [1.807, 2.05) is 0 Å². The van der Waals surface area contributed by atoms with Crippen molar-refractivity contribution in [3.8, 4) is 0 Å². The van der Waals surface area contributed by atoms with Crippen molar-refractivity contribution in [2.75, 3.05) is 37.8 Å². The average molecular weight is 682 g/mol. The fourth-order valence-corrected chi connectivity index (χ4v) is 6.61. The predicted octanol–water partition coefficient (Wildman–Crippen LogP) is 5.51. The predicted molar refractivity (Wildman–Crippen MR) is 160 cm³/mol. The topological polar surface area (TPSA) is 127 Å². The van der Waals surface area contributed by atoms with Crippen LogP contribution in [-0.4, -0.2) is 80.3 Å². The van der Waals surface area contributed by atoms with E-state index >= 15 is 0 Å².